The standard InChI is InChI=1S/C14H22F8O6/c15-11(16)13(19,20)27-9-7-25-5-3-23-1-2-24-4-6-26-8-10-28-14(21,22)12(17)18/h11-12H,1-10H2. The molecule has 0 heterocycles. The van der Waals surface area contributed by atoms with E-state index in [-0.39, 0.29) is 52.9 Å². The van der Waals surface area contributed by atoms with E-state index in [1.54, 1.807) is 0 Å². The van der Waals surface area contributed by atoms with E-state index in [2.05, 4.69) is 9.47 Å². The van der Waals surface area contributed by atoms with Crippen LogP contribution in [-0.4, -0.2) is 91.1 Å². The van der Waals surface area contributed by atoms with Gasteiger partial charge in [-0.15, -0.1) is 0 Å². The van der Waals surface area contributed by atoms with Crippen LogP contribution in [0.1, 0.15) is 0 Å². The molecule has 0 rings (SSSR count). The number of hydrogen-bond acceptors (Lipinski definition) is 6. The van der Waals surface area contributed by atoms with E-state index >= 15 is 0 Å². The third-order valence-electron chi connectivity index (χ3n) is 2.67. The van der Waals surface area contributed by atoms with Crippen molar-refractivity contribution in [2.75, 3.05) is 66.1 Å². The Morgan fingerprint density at radius 3 is 0.857 bits per heavy atom. The highest BCUT2D eigenvalue weighted by Gasteiger charge is 2.42. The van der Waals surface area contributed by atoms with Gasteiger partial charge in [0.25, 0.3) is 0 Å². The first-order chi connectivity index (χ1) is 13.1. The van der Waals surface area contributed by atoms with Gasteiger partial charge < -0.3 is 28.4 Å². The second kappa shape index (κ2) is 15.1. The lowest BCUT2D eigenvalue weighted by atomic mass is 10.6. The summed E-state index contributed by atoms with van der Waals surface area (Å²) in [6.07, 6.45) is -16.8. The second-order valence-corrected chi connectivity index (χ2v) is 4.87. The van der Waals surface area contributed by atoms with Crippen LogP contribution in [-0.2, 0) is 28.4 Å². The summed E-state index contributed by atoms with van der Waals surface area (Å²) in [7, 11) is 0. The van der Waals surface area contributed by atoms with E-state index in [0.29, 0.717) is 0 Å². The average molecular weight is 438 g/mol. The molecule has 0 aromatic rings. The number of hydrogen-bond donors (Lipinski definition) is 0. The first-order valence-corrected chi connectivity index (χ1v) is 8.00. The van der Waals surface area contributed by atoms with Gasteiger partial charge in [-0.2, -0.15) is 17.6 Å². The summed E-state index contributed by atoms with van der Waals surface area (Å²) >= 11 is 0. The van der Waals surface area contributed by atoms with Crippen LogP contribution in [0, 0.1) is 0 Å². The van der Waals surface area contributed by atoms with Crippen molar-refractivity contribution >= 4 is 0 Å². The summed E-state index contributed by atoms with van der Waals surface area (Å²) in [4.78, 5) is 0. The fourth-order valence-electron chi connectivity index (χ4n) is 1.36. The van der Waals surface area contributed by atoms with Crippen LogP contribution in [0.4, 0.5) is 35.1 Å². The third kappa shape index (κ3) is 14.2. The van der Waals surface area contributed by atoms with Crippen LogP contribution in [0.3, 0.4) is 0 Å². The fourth-order valence-corrected chi connectivity index (χ4v) is 1.36. The maximum atomic E-state index is 12.3. The largest absolute Gasteiger partial charge is 0.416 e. The van der Waals surface area contributed by atoms with Crippen LogP contribution in [0.2, 0.25) is 0 Å². The van der Waals surface area contributed by atoms with Crippen LogP contribution in [0.15, 0.2) is 0 Å². The monoisotopic (exact) mass is 438 g/mol. The minimum atomic E-state index is -4.51. The van der Waals surface area contributed by atoms with Gasteiger partial charge in [-0.05, 0) is 0 Å². The van der Waals surface area contributed by atoms with Gasteiger partial charge in [-0.3, -0.25) is 0 Å². The molecule has 0 aliphatic carbocycles. The third-order valence-corrected chi connectivity index (χ3v) is 2.67. The molecule has 0 aliphatic rings. The van der Waals surface area contributed by atoms with Crippen molar-refractivity contribution in [2.24, 2.45) is 0 Å². The highest BCUT2D eigenvalue weighted by Crippen LogP contribution is 2.24. The van der Waals surface area contributed by atoms with Gasteiger partial charge in [0.15, 0.2) is 0 Å². The fraction of sp³-hybridized carbons (Fsp3) is 1.00. The van der Waals surface area contributed by atoms with Gasteiger partial charge in [-0.25, -0.2) is 17.6 Å². The molecule has 170 valence electrons. The Kier molecular flexibility index (Phi) is 14.7. The predicted molar refractivity (Wildman–Crippen MR) is 77.1 cm³/mol. The molecular weight excluding hydrogens is 416 g/mol. The van der Waals surface area contributed by atoms with E-state index < -0.39 is 38.3 Å². The molecule has 0 saturated carbocycles. The van der Waals surface area contributed by atoms with Crippen molar-refractivity contribution < 1.29 is 63.5 Å². The van der Waals surface area contributed by atoms with Crippen molar-refractivity contribution in [1.82, 2.24) is 0 Å². The van der Waals surface area contributed by atoms with E-state index in [4.69, 9.17) is 18.9 Å². The van der Waals surface area contributed by atoms with Crippen molar-refractivity contribution in [3.8, 4) is 0 Å². The first kappa shape index (κ1) is 27.2. The Hall–Kier alpha value is -0.800. The van der Waals surface area contributed by atoms with Crippen molar-refractivity contribution in [3.63, 3.8) is 0 Å². The van der Waals surface area contributed by atoms with E-state index in [0.717, 1.165) is 0 Å². The lowest BCUT2D eigenvalue weighted by molar-refractivity contribution is -0.303. The highest BCUT2D eigenvalue weighted by atomic mass is 19.3. The normalized spacial score (nSPS) is 13.1. The molecule has 0 atom stereocenters. The molecule has 0 amide bonds. The highest BCUT2D eigenvalue weighted by molar-refractivity contribution is 4.55. The zero-order valence-electron chi connectivity index (χ0n) is 14.7. The van der Waals surface area contributed by atoms with Crippen LogP contribution in [0.5, 0.6) is 0 Å². The Morgan fingerprint density at radius 1 is 0.429 bits per heavy atom. The van der Waals surface area contributed by atoms with Crippen molar-refractivity contribution in [3.05, 3.63) is 0 Å². The topological polar surface area (TPSA) is 55.4 Å². The minimum absolute atomic E-state index is 0.0238. The summed E-state index contributed by atoms with van der Waals surface area (Å²) in [5.74, 6) is 0. The quantitative estimate of drug-likeness (QED) is 0.228. The lowest BCUT2D eigenvalue weighted by Gasteiger charge is -2.15. The predicted octanol–water partition coefficient (Wildman–Crippen LogP) is 2.80. The van der Waals surface area contributed by atoms with Crippen molar-refractivity contribution in [1.29, 1.82) is 0 Å². The summed E-state index contributed by atoms with van der Waals surface area (Å²) in [6.45, 7) is -1.47. The smallest absolute Gasteiger partial charge is 0.377 e. The van der Waals surface area contributed by atoms with E-state index in [1.165, 1.54) is 0 Å². The molecule has 0 saturated heterocycles. The van der Waals surface area contributed by atoms with Gasteiger partial charge in [-0.1, -0.05) is 0 Å². The summed E-state index contributed by atoms with van der Waals surface area (Å²) in [5.41, 5.74) is 0. The average Bonchev–Trinajstić information content (AvgIpc) is 2.60. The number of halogens is 8. The molecule has 0 fully saturated rings. The Labute approximate surface area is 155 Å². The van der Waals surface area contributed by atoms with Crippen LogP contribution < -0.4 is 0 Å². The molecule has 0 unspecified atom stereocenters. The number of rotatable bonds is 19. The Morgan fingerprint density at radius 2 is 0.643 bits per heavy atom. The molecule has 6 nitrogen and oxygen atoms in total. The van der Waals surface area contributed by atoms with E-state index in [9.17, 15) is 35.1 Å². The summed E-state index contributed by atoms with van der Waals surface area (Å²) < 4.78 is 123. The molecule has 0 aliphatic heterocycles. The SMILES string of the molecule is FC(F)C(F)(F)OCCOCCOCCOCCOCCOC(F)(F)C(F)F. The van der Waals surface area contributed by atoms with Crippen LogP contribution in [0.25, 0.3) is 0 Å². The first-order valence-electron chi connectivity index (χ1n) is 8.00. The zero-order valence-corrected chi connectivity index (χ0v) is 14.7. The maximum Gasteiger partial charge on any atom is 0.416 e. The molecule has 28 heavy (non-hydrogen) atoms. The molecular formula is C14H22F8O6. The Balaban J connectivity index is 3.26. The minimum Gasteiger partial charge on any atom is -0.377 e. The van der Waals surface area contributed by atoms with Gasteiger partial charge >= 0.3 is 25.1 Å². The second-order valence-electron chi connectivity index (χ2n) is 4.87. The Bertz CT molecular complexity index is 342. The maximum absolute atomic E-state index is 12.3. The van der Waals surface area contributed by atoms with Crippen LogP contribution >= 0.6 is 0 Å². The lowest BCUT2D eigenvalue weighted by Crippen LogP contribution is -2.31. The molecule has 0 radical (unpaired) electrons. The molecule has 0 aromatic carbocycles. The van der Waals surface area contributed by atoms with Gasteiger partial charge in [0.2, 0.25) is 0 Å². The van der Waals surface area contributed by atoms with Gasteiger partial charge in [0.1, 0.15) is 0 Å². The molecule has 14 heteroatoms. The molecule has 0 N–H and O–H groups in total. The molecule has 0 spiro atoms. The van der Waals surface area contributed by atoms with E-state index in [1.807, 2.05) is 0 Å². The molecule has 0 bridgehead atoms. The van der Waals surface area contributed by atoms with Crippen molar-refractivity contribution in [2.45, 2.75) is 25.1 Å². The summed E-state index contributed by atoms with van der Waals surface area (Å²) in [5, 5.41) is 0. The van der Waals surface area contributed by atoms with Gasteiger partial charge in [0, 0.05) is 0 Å². The summed E-state index contributed by atoms with van der Waals surface area (Å²) in [6, 6.07) is 0. The molecule has 0 aromatic heterocycles. The number of ether oxygens (including phenoxy) is 6. The number of alkyl halides is 8. The van der Waals surface area contributed by atoms with Gasteiger partial charge in [0.05, 0.1) is 66.1 Å². The zero-order chi connectivity index (χ0) is 21.5.